The largest absolute Gasteiger partial charge is 0.506 e. The van der Waals surface area contributed by atoms with Gasteiger partial charge in [0.1, 0.15) is 28.4 Å². The molecule has 0 aliphatic carbocycles. The van der Waals surface area contributed by atoms with Crippen LogP contribution in [0.5, 0.6) is 5.75 Å². The molecule has 0 aliphatic heterocycles. The molecule has 0 aliphatic rings. The van der Waals surface area contributed by atoms with Crippen LogP contribution in [0.4, 0.5) is 11.4 Å². The number of rotatable bonds is 2. The summed E-state index contributed by atoms with van der Waals surface area (Å²) in [5.41, 5.74) is 3.67. The maximum atomic E-state index is 9.94. The van der Waals surface area contributed by atoms with Gasteiger partial charge in [-0.15, -0.1) is 15.3 Å². The van der Waals surface area contributed by atoms with Gasteiger partial charge in [0.25, 0.3) is 0 Å². The molecule has 0 amide bonds. The number of fused-ring (bicyclic) bond motifs is 4. The van der Waals surface area contributed by atoms with Gasteiger partial charge in [-0.25, -0.2) is 4.52 Å². The van der Waals surface area contributed by atoms with Crippen LogP contribution in [0.15, 0.2) is 65.1 Å². The number of aromatic hydroxyl groups is 1. The van der Waals surface area contributed by atoms with E-state index in [0.717, 1.165) is 0 Å². The summed E-state index contributed by atoms with van der Waals surface area (Å²) in [6, 6.07) is 14.2. The van der Waals surface area contributed by atoms with Gasteiger partial charge in [0, 0.05) is 11.6 Å². The van der Waals surface area contributed by atoms with Gasteiger partial charge in [0.05, 0.1) is 23.1 Å². The Morgan fingerprint density at radius 3 is 2.89 bits per heavy atom. The van der Waals surface area contributed by atoms with Crippen LogP contribution in [-0.4, -0.2) is 29.9 Å². The summed E-state index contributed by atoms with van der Waals surface area (Å²) in [6.07, 6.45) is 3.06. The summed E-state index contributed by atoms with van der Waals surface area (Å²) in [7, 11) is 0. The number of nitrogens with zero attached hydrogens (tertiary/aromatic N) is 8. The van der Waals surface area contributed by atoms with Gasteiger partial charge in [0.2, 0.25) is 0 Å². The first-order chi connectivity index (χ1) is 13.7. The summed E-state index contributed by atoms with van der Waals surface area (Å²) in [6.45, 7) is 0. The van der Waals surface area contributed by atoms with Gasteiger partial charge < -0.3 is 5.11 Å². The van der Waals surface area contributed by atoms with Crippen molar-refractivity contribution in [3.63, 3.8) is 0 Å². The summed E-state index contributed by atoms with van der Waals surface area (Å²) in [4.78, 5) is 4.18. The highest BCUT2D eigenvalue weighted by Gasteiger charge is 2.10. The van der Waals surface area contributed by atoms with Crippen LogP contribution in [0, 0.1) is 11.3 Å². The summed E-state index contributed by atoms with van der Waals surface area (Å²) in [5, 5.41) is 40.8. The van der Waals surface area contributed by atoms with Crippen molar-refractivity contribution in [3.8, 4) is 11.8 Å². The molecule has 5 aromatic rings. The van der Waals surface area contributed by atoms with Gasteiger partial charge in [0.15, 0.2) is 5.65 Å². The molecule has 0 saturated carbocycles. The molecule has 5 rings (SSSR count). The summed E-state index contributed by atoms with van der Waals surface area (Å²) < 4.78 is 1.56. The first-order valence-electron chi connectivity index (χ1n) is 8.27. The standard InChI is InChI=1S/C19H10N8O/c20-9-11-10-22-27-16-8-12(3-4-15(16)25-26-19(11)27)23-24-14-5-6-17(28)18-13(14)2-1-7-21-18/h1-8,10,28H/b24-23+. The van der Waals surface area contributed by atoms with E-state index in [0.29, 0.717) is 44.5 Å². The summed E-state index contributed by atoms with van der Waals surface area (Å²) >= 11 is 0. The molecule has 0 saturated heterocycles. The second-order valence-electron chi connectivity index (χ2n) is 5.98. The van der Waals surface area contributed by atoms with Crippen molar-refractivity contribution >= 4 is 39.0 Å². The Kier molecular flexibility index (Phi) is 3.42. The number of nitriles is 1. The lowest BCUT2D eigenvalue weighted by molar-refractivity contribution is 0.480. The maximum absolute atomic E-state index is 9.94. The van der Waals surface area contributed by atoms with Crippen LogP contribution in [0.3, 0.4) is 0 Å². The third kappa shape index (κ3) is 2.40. The van der Waals surface area contributed by atoms with Gasteiger partial charge in [-0.05, 0) is 42.5 Å². The molecule has 0 atom stereocenters. The van der Waals surface area contributed by atoms with E-state index in [9.17, 15) is 5.11 Å². The molecule has 9 nitrogen and oxygen atoms in total. The predicted molar refractivity (Wildman–Crippen MR) is 101 cm³/mol. The number of aromatic nitrogens is 5. The average Bonchev–Trinajstić information content (AvgIpc) is 3.17. The highest BCUT2D eigenvalue weighted by atomic mass is 16.3. The predicted octanol–water partition coefficient (Wildman–Crippen LogP) is 3.82. The number of pyridine rings is 1. The lowest BCUT2D eigenvalue weighted by Gasteiger charge is -2.03. The molecule has 132 valence electrons. The van der Waals surface area contributed by atoms with E-state index >= 15 is 0 Å². The van der Waals surface area contributed by atoms with Crippen LogP contribution in [0.1, 0.15) is 5.56 Å². The lowest BCUT2D eigenvalue weighted by Crippen LogP contribution is -1.96. The molecule has 0 fully saturated rings. The molecule has 28 heavy (non-hydrogen) atoms. The van der Waals surface area contributed by atoms with Gasteiger partial charge in [-0.1, -0.05) is 0 Å². The number of phenols is 1. The third-order valence-corrected chi connectivity index (χ3v) is 4.30. The van der Waals surface area contributed by atoms with E-state index in [1.54, 1.807) is 41.0 Å². The minimum Gasteiger partial charge on any atom is -0.506 e. The Bertz CT molecular complexity index is 1450. The number of benzene rings is 2. The van der Waals surface area contributed by atoms with Gasteiger partial charge >= 0.3 is 0 Å². The first-order valence-corrected chi connectivity index (χ1v) is 8.27. The topological polar surface area (TPSA) is 125 Å². The summed E-state index contributed by atoms with van der Waals surface area (Å²) in [5.74, 6) is 0.0909. The molecular weight excluding hydrogens is 356 g/mol. The molecule has 0 bridgehead atoms. The minimum absolute atomic E-state index is 0.0909. The molecular formula is C19H10N8O. The van der Waals surface area contributed by atoms with Crippen LogP contribution >= 0.6 is 0 Å². The van der Waals surface area contributed by atoms with E-state index in [4.69, 9.17) is 5.26 Å². The van der Waals surface area contributed by atoms with Crippen molar-refractivity contribution in [3.05, 3.63) is 60.4 Å². The van der Waals surface area contributed by atoms with E-state index in [1.807, 2.05) is 12.1 Å². The number of phenolic OH excluding ortho intramolecular Hbond substituents is 1. The van der Waals surface area contributed by atoms with E-state index in [1.165, 1.54) is 12.3 Å². The Labute approximate surface area is 157 Å². The van der Waals surface area contributed by atoms with Crippen LogP contribution in [0.25, 0.3) is 27.6 Å². The first kappa shape index (κ1) is 15.8. The van der Waals surface area contributed by atoms with Crippen LogP contribution in [-0.2, 0) is 0 Å². The fourth-order valence-electron chi connectivity index (χ4n) is 2.96. The molecule has 9 heteroatoms. The zero-order chi connectivity index (χ0) is 19.1. The number of hydrogen-bond donors (Lipinski definition) is 1. The number of azo groups is 1. The van der Waals surface area contributed by atoms with Gasteiger partial charge in [-0.2, -0.15) is 15.5 Å². The van der Waals surface area contributed by atoms with Crippen molar-refractivity contribution in [1.29, 1.82) is 5.26 Å². The van der Waals surface area contributed by atoms with Crippen molar-refractivity contribution in [2.24, 2.45) is 10.2 Å². The Morgan fingerprint density at radius 2 is 2.00 bits per heavy atom. The zero-order valence-corrected chi connectivity index (χ0v) is 14.2. The highest BCUT2D eigenvalue weighted by molar-refractivity contribution is 5.93. The minimum atomic E-state index is 0.0909. The van der Waals surface area contributed by atoms with Gasteiger partial charge in [-0.3, -0.25) is 4.98 Å². The van der Waals surface area contributed by atoms with Crippen molar-refractivity contribution in [2.75, 3.05) is 0 Å². The molecule has 3 aromatic heterocycles. The maximum Gasteiger partial charge on any atom is 0.195 e. The fourth-order valence-corrected chi connectivity index (χ4v) is 2.96. The quantitative estimate of drug-likeness (QED) is 0.473. The molecule has 0 spiro atoms. The van der Waals surface area contributed by atoms with Crippen LogP contribution < -0.4 is 0 Å². The molecule has 1 N–H and O–H groups in total. The van der Waals surface area contributed by atoms with E-state index < -0.39 is 0 Å². The fraction of sp³-hybridized carbons (Fsp3) is 0. The van der Waals surface area contributed by atoms with Crippen molar-refractivity contribution in [2.45, 2.75) is 0 Å². The second kappa shape index (κ2) is 6.07. The zero-order valence-electron chi connectivity index (χ0n) is 14.2. The Morgan fingerprint density at radius 1 is 1.07 bits per heavy atom. The molecule has 3 heterocycles. The second-order valence-corrected chi connectivity index (χ2v) is 5.98. The normalized spacial score (nSPS) is 11.5. The SMILES string of the molecule is N#Cc1cnn2c1nnc1ccc(/N=N/c3ccc(O)c4ncccc34)cc12. The Hall–Kier alpha value is -4.45. The van der Waals surface area contributed by atoms with E-state index in [2.05, 4.69) is 30.5 Å². The smallest absolute Gasteiger partial charge is 0.195 e. The lowest BCUT2D eigenvalue weighted by atomic mass is 10.2. The molecule has 2 aromatic carbocycles. The molecule has 0 unspecified atom stereocenters. The van der Waals surface area contributed by atoms with Crippen LogP contribution in [0.2, 0.25) is 0 Å². The van der Waals surface area contributed by atoms with Crippen molar-refractivity contribution < 1.29 is 5.11 Å². The monoisotopic (exact) mass is 366 g/mol. The Balaban J connectivity index is 1.62. The average molecular weight is 366 g/mol. The molecule has 0 radical (unpaired) electrons. The van der Waals surface area contributed by atoms with Crippen molar-refractivity contribution in [1.82, 2.24) is 24.8 Å². The highest BCUT2D eigenvalue weighted by Crippen LogP contribution is 2.32. The third-order valence-electron chi connectivity index (χ3n) is 4.30. The van der Waals surface area contributed by atoms with E-state index in [-0.39, 0.29) is 5.75 Å². The number of hydrogen-bond acceptors (Lipinski definition) is 8.